The predicted molar refractivity (Wildman–Crippen MR) is 104 cm³/mol. The van der Waals surface area contributed by atoms with Crippen LogP contribution in [0.3, 0.4) is 0 Å². The summed E-state index contributed by atoms with van der Waals surface area (Å²) in [6.45, 7) is 2.99. The molecule has 0 saturated carbocycles. The third-order valence-electron chi connectivity index (χ3n) is 5.13. The molecule has 1 aromatic carbocycles. The van der Waals surface area contributed by atoms with Crippen molar-refractivity contribution in [3.63, 3.8) is 0 Å². The molecule has 2 aliphatic rings. The molecular weight excluding hydrogens is 358 g/mol. The number of amides is 2. The van der Waals surface area contributed by atoms with Gasteiger partial charge in [-0.3, -0.25) is 4.79 Å². The van der Waals surface area contributed by atoms with Crippen LogP contribution in [0.4, 0.5) is 10.5 Å². The first-order valence-corrected chi connectivity index (χ1v) is 9.59. The van der Waals surface area contributed by atoms with Gasteiger partial charge in [0.05, 0.1) is 13.2 Å². The van der Waals surface area contributed by atoms with Gasteiger partial charge in [-0.05, 0) is 18.1 Å². The first kappa shape index (κ1) is 18.3. The highest BCUT2D eigenvalue weighted by Gasteiger charge is 2.51. The van der Waals surface area contributed by atoms with Gasteiger partial charge in [-0.1, -0.05) is 43.7 Å². The summed E-state index contributed by atoms with van der Waals surface area (Å²) >= 11 is 0. The smallest absolute Gasteiger partial charge is 0.409 e. The fourth-order valence-electron chi connectivity index (χ4n) is 3.48. The van der Waals surface area contributed by atoms with Crippen LogP contribution in [0.25, 0.3) is 11.1 Å². The van der Waals surface area contributed by atoms with Crippen LogP contribution < -0.4 is 10.1 Å². The first-order valence-electron chi connectivity index (χ1n) is 9.59. The minimum atomic E-state index is -1.11. The van der Waals surface area contributed by atoms with Gasteiger partial charge in [-0.15, -0.1) is 0 Å². The summed E-state index contributed by atoms with van der Waals surface area (Å²) in [5.74, 6) is 0.122. The Balaban J connectivity index is 1.50. The van der Waals surface area contributed by atoms with Crippen molar-refractivity contribution >= 4 is 17.7 Å². The molecule has 0 bridgehead atoms. The highest BCUT2D eigenvalue weighted by molar-refractivity contribution is 6.01. The Bertz CT molecular complexity index is 886. The van der Waals surface area contributed by atoms with E-state index in [1.807, 2.05) is 43.3 Å². The first-order chi connectivity index (χ1) is 13.6. The number of benzene rings is 1. The number of hydrogen-bond acceptors (Lipinski definition) is 5. The van der Waals surface area contributed by atoms with Crippen molar-refractivity contribution in [3.05, 3.63) is 42.6 Å². The van der Waals surface area contributed by atoms with E-state index in [4.69, 9.17) is 9.47 Å². The molecule has 7 heteroatoms. The largest absolute Gasteiger partial charge is 0.457 e. The molecule has 1 spiro atoms. The summed E-state index contributed by atoms with van der Waals surface area (Å²) in [5.41, 5.74) is 1.33. The van der Waals surface area contributed by atoms with Gasteiger partial charge in [0.1, 0.15) is 5.69 Å². The maximum absolute atomic E-state index is 12.8. The second kappa shape index (κ2) is 7.50. The molecule has 0 aliphatic carbocycles. The number of unbranched alkanes of at least 4 members (excludes halogenated alkanes) is 1. The molecule has 146 valence electrons. The summed E-state index contributed by atoms with van der Waals surface area (Å²) in [4.78, 5) is 30.9. The van der Waals surface area contributed by atoms with E-state index >= 15 is 0 Å². The summed E-state index contributed by atoms with van der Waals surface area (Å²) in [5, 5.41) is 2.91. The zero-order chi connectivity index (χ0) is 19.6. The average Bonchev–Trinajstić information content (AvgIpc) is 3.14. The predicted octanol–water partition coefficient (Wildman–Crippen LogP) is 3.46. The number of likely N-dealkylation sites (tertiary alicyclic amines) is 1. The van der Waals surface area contributed by atoms with Crippen molar-refractivity contribution in [2.75, 3.05) is 25.0 Å². The third-order valence-corrected chi connectivity index (χ3v) is 5.13. The van der Waals surface area contributed by atoms with Crippen LogP contribution in [-0.4, -0.2) is 47.2 Å². The van der Waals surface area contributed by atoms with E-state index in [-0.39, 0.29) is 12.5 Å². The number of nitrogens with one attached hydrogen (secondary N) is 1. The van der Waals surface area contributed by atoms with E-state index < -0.39 is 11.7 Å². The number of fused-ring (bicyclic) bond motifs is 1. The van der Waals surface area contributed by atoms with E-state index in [1.54, 1.807) is 6.20 Å². The monoisotopic (exact) mass is 381 g/mol. The lowest BCUT2D eigenvalue weighted by Gasteiger charge is -2.33. The molecule has 1 saturated heterocycles. The minimum Gasteiger partial charge on any atom is -0.457 e. The number of rotatable bonds is 4. The number of carbonyl (C=O) groups excluding carboxylic acids is 2. The number of nitrogens with zero attached hydrogens (tertiary/aromatic N) is 2. The molecule has 1 aromatic heterocycles. The number of ether oxygens (including phenoxy) is 2. The van der Waals surface area contributed by atoms with Crippen LogP contribution in [0.5, 0.6) is 5.88 Å². The van der Waals surface area contributed by atoms with Gasteiger partial charge in [-0.25, -0.2) is 9.78 Å². The molecule has 1 fully saturated rings. The Labute approximate surface area is 163 Å². The normalized spacial score (nSPS) is 20.5. The van der Waals surface area contributed by atoms with E-state index in [0.717, 1.165) is 24.0 Å². The Morgan fingerprint density at radius 1 is 1.32 bits per heavy atom. The van der Waals surface area contributed by atoms with E-state index in [9.17, 15) is 9.59 Å². The second-order valence-corrected chi connectivity index (χ2v) is 7.13. The Morgan fingerprint density at radius 3 is 2.93 bits per heavy atom. The topological polar surface area (TPSA) is 80.8 Å². The summed E-state index contributed by atoms with van der Waals surface area (Å²) in [6, 6.07) is 11.7. The van der Waals surface area contributed by atoms with Crippen molar-refractivity contribution in [2.24, 2.45) is 0 Å². The fourth-order valence-corrected chi connectivity index (χ4v) is 3.48. The molecular formula is C21H23N3O4. The Kier molecular flexibility index (Phi) is 4.90. The zero-order valence-electron chi connectivity index (χ0n) is 15.8. The van der Waals surface area contributed by atoms with Crippen molar-refractivity contribution in [1.29, 1.82) is 0 Å². The van der Waals surface area contributed by atoms with Crippen molar-refractivity contribution in [3.8, 4) is 17.0 Å². The van der Waals surface area contributed by atoms with Crippen LogP contribution in [0.15, 0.2) is 42.6 Å². The van der Waals surface area contributed by atoms with Gasteiger partial charge < -0.3 is 19.7 Å². The highest BCUT2D eigenvalue weighted by atomic mass is 16.6. The van der Waals surface area contributed by atoms with Gasteiger partial charge in [0.25, 0.3) is 5.91 Å². The van der Waals surface area contributed by atoms with E-state index in [2.05, 4.69) is 10.3 Å². The van der Waals surface area contributed by atoms with Gasteiger partial charge in [0, 0.05) is 24.7 Å². The minimum absolute atomic E-state index is 0.158. The molecule has 0 radical (unpaired) electrons. The third kappa shape index (κ3) is 3.40. The van der Waals surface area contributed by atoms with Crippen molar-refractivity contribution < 1.29 is 19.1 Å². The van der Waals surface area contributed by atoms with Crippen molar-refractivity contribution in [2.45, 2.75) is 31.8 Å². The lowest BCUT2D eigenvalue weighted by Crippen LogP contribution is -2.53. The Hall–Kier alpha value is -3.09. The lowest BCUT2D eigenvalue weighted by atomic mass is 9.99. The molecule has 28 heavy (non-hydrogen) atoms. The van der Waals surface area contributed by atoms with Crippen molar-refractivity contribution in [1.82, 2.24) is 9.88 Å². The maximum Gasteiger partial charge on any atom is 0.409 e. The maximum atomic E-state index is 12.8. The van der Waals surface area contributed by atoms with E-state index in [1.165, 1.54) is 4.90 Å². The van der Waals surface area contributed by atoms with E-state index in [0.29, 0.717) is 31.1 Å². The summed E-state index contributed by atoms with van der Waals surface area (Å²) in [6.07, 6.45) is 3.51. The molecule has 1 N–H and O–H groups in total. The van der Waals surface area contributed by atoms with Crippen LogP contribution in [0.2, 0.25) is 0 Å². The second-order valence-electron chi connectivity index (χ2n) is 7.13. The van der Waals surface area contributed by atoms with Crippen LogP contribution in [-0.2, 0) is 9.53 Å². The van der Waals surface area contributed by atoms with Gasteiger partial charge in [0.2, 0.25) is 11.5 Å². The average molecular weight is 381 g/mol. The molecule has 2 amide bonds. The number of anilines is 1. The number of carbonyl (C=O) groups is 2. The fraction of sp³-hybridized carbons (Fsp3) is 0.381. The molecule has 2 aliphatic heterocycles. The molecule has 4 rings (SSSR count). The molecule has 7 nitrogen and oxygen atoms in total. The lowest BCUT2D eigenvalue weighted by molar-refractivity contribution is -0.131. The van der Waals surface area contributed by atoms with Crippen LogP contribution >= 0.6 is 0 Å². The van der Waals surface area contributed by atoms with Gasteiger partial charge in [-0.2, -0.15) is 0 Å². The summed E-state index contributed by atoms with van der Waals surface area (Å²) in [7, 11) is 0. The molecule has 2 aromatic rings. The van der Waals surface area contributed by atoms with Gasteiger partial charge in [0.15, 0.2) is 0 Å². The van der Waals surface area contributed by atoms with Gasteiger partial charge >= 0.3 is 6.09 Å². The Morgan fingerprint density at radius 2 is 2.14 bits per heavy atom. The standard InChI is InChI=1S/C21H23N3O4/c1-2-3-11-27-20(26)24-10-9-21(14-24)19(25)23-17-12-16(13-22-18(17)28-21)15-7-5-4-6-8-15/h4-8,12-13H,2-3,9-11,14H2,1H3,(H,23,25). The highest BCUT2D eigenvalue weighted by Crippen LogP contribution is 2.38. The summed E-state index contributed by atoms with van der Waals surface area (Å²) < 4.78 is 11.3. The number of pyridine rings is 1. The molecule has 1 atom stereocenters. The zero-order valence-corrected chi connectivity index (χ0v) is 15.8. The SMILES string of the molecule is CCCCOC(=O)N1CCC2(C1)Oc1ncc(-c3ccccc3)cc1NC2=O. The number of hydrogen-bond donors (Lipinski definition) is 1. The van der Waals surface area contributed by atoms with Crippen LogP contribution in [0.1, 0.15) is 26.2 Å². The molecule has 1 unspecified atom stereocenters. The quantitative estimate of drug-likeness (QED) is 0.821. The molecule has 3 heterocycles. The van der Waals surface area contributed by atoms with Crippen LogP contribution in [0, 0.1) is 0 Å². The number of aromatic nitrogens is 1.